The number of rotatable bonds is 7. The number of nitrogens with zero attached hydrogens (tertiary/aromatic N) is 2. The lowest BCUT2D eigenvalue weighted by Gasteiger charge is -2.44. The summed E-state index contributed by atoms with van der Waals surface area (Å²) in [6, 6.07) is 10.1. The van der Waals surface area contributed by atoms with Crippen molar-refractivity contribution in [1.29, 1.82) is 0 Å². The quantitative estimate of drug-likeness (QED) is 0.498. The number of carboxylic acid groups (broad SMARTS) is 1. The molecule has 2 aromatic rings. The second kappa shape index (κ2) is 8.19. The van der Waals surface area contributed by atoms with Crippen LogP contribution in [0.25, 0.3) is 5.57 Å². The summed E-state index contributed by atoms with van der Waals surface area (Å²) in [5.41, 5.74) is 2.59. The Morgan fingerprint density at radius 1 is 1.16 bits per heavy atom. The number of benzene rings is 1. The first-order valence-corrected chi connectivity index (χ1v) is 9.88. The van der Waals surface area contributed by atoms with Crippen LogP contribution >= 0.6 is 0 Å². The van der Waals surface area contributed by atoms with Gasteiger partial charge in [-0.3, -0.25) is 14.6 Å². The highest BCUT2D eigenvalue weighted by molar-refractivity contribution is 6.06. The van der Waals surface area contributed by atoms with E-state index < -0.39 is 18.0 Å². The molecule has 2 aliphatic heterocycles. The number of aliphatic hydroxyl groups is 1. The number of carbonyl (C=O) groups excluding carboxylic acids is 2. The molecule has 1 fully saturated rings. The number of β-lactam (4-membered cyclic amide) rings is 1. The van der Waals surface area contributed by atoms with Gasteiger partial charge >= 0.3 is 5.97 Å². The van der Waals surface area contributed by atoms with E-state index in [-0.39, 0.29) is 30.1 Å². The Bertz CT molecular complexity index is 1050. The minimum absolute atomic E-state index is 0.0238. The van der Waals surface area contributed by atoms with E-state index in [9.17, 15) is 24.6 Å². The van der Waals surface area contributed by atoms with Crippen molar-refractivity contribution in [2.75, 3.05) is 17.2 Å². The summed E-state index contributed by atoms with van der Waals surface area (Å²) >= 11 is 0. The smallest absolute Gasteiger partial charge is 0.352 e. The lowest BCUT2D eigenvalue weighted by molar-refractivity contribution is -0.161. The number of pyridine rings is 1. The summed E-state index contributed by atoms with van der Waals surface area (Å²) in [7, 11) is 0. The molecule has 1 aromatic heterocycles. The summed E-state index contributed by atoms with van der Waals surface area (Å²) in [5.74, 6) is -2.31. The fourth-order valence-corrected chi connectivity index (χ4v) is 4.14. The van der Waals surface area contributed by atoms with Crippen LogP contribution in [0.1, 0.15) is 18.9 Å². The number of aromatic nitrogens is 1. The zero-order chi connectivity index (χ0) is 22.1. The van der Waals surface area contributed by atoms with Gasteiger partial charge in [0.05, 0.1) is 24.6 Å². The average Bonchev–Trinajstić information content (AvgIpc) is 3.08. The molecule has 0 saturated carbocycles. The average molecular weight is 422 g/mol. The van der Waals surface area contributed by atoms with Gasteiger partial charge in [-0.05, 0) is 48.7 Å². The molecule has 4 N–H and O–H groups in total. The van der Waals surface area contributed by atoms with Gasteiger partial charge in [-0.1, -0.05) is 12.1 Å². The van der Waals surface area contributed by atoms with Crippen molar-refractivity contribution in [1.82, 2.24) is 9.88 Å². The highest BCUT2D eigenvalue weighted by Crippen LogP contribution is 2.46. The summed E-state index contributed by atoms with van der Waals surface area (Å²) in [6.45, 7) is 1.61. The number of anilines is 2. The van der Waals surface area contributed by atoms with Gasteiger partial charge in [0.1, 0.15) is 5.70 Å². The molecule has 2 amide bonds. The highest BCUT2D eigenvalue weighted by Gasteiger charge is 2.56. The van der Waals surface area contributed by atoms with E-state index in [2.05, 4.69) is 15.6 Å². The van der Waals surface area contributed by atoms with Crippen molar-refractivity contribution < 1.29 is 24.6 Å². The predicted molar refractivity (Wildman–Crippen MR) is 113 cm³/mol. The maximum absolute atomic E-state index is 12.3. The number of carboxylic acids is 1. The first-order valence-electron chi connectivity index (χ1n) is 9.88. The first-order chi connectivity index (χ1) is 14.9. The van der Waals surface area contributed by atoms with Gasteiger partial charge in [0.2, 0.25) is 11.8 Å². The van der Waals surface area contributed by atoms with Gasteiger partial charge in [0.15, 0.2) is 0 Å². The molecule has 31 heavy (non-hydrogen) atoms. The molecule has 2 aliphatic rings. The van der Waals surface area contributed by atoms with Gasteiger partial charge in [-0.15, -0.1) is 0 Å². The number of hydrogen-bond acceptors (Lipinski definition) is 6. The van der Waals surface area contributed by atoms with E-state index in [1.54, 1.807) is 55.7 Å². The number of hydrogen-bond donors (Lipinski definition) is 4. The second-order valence-electron chi connectivity index (χ2n) is 7.59. The zero-order valence-electron chi connectivity index (χ0n) is 16.8. The van der Waals surface area contributed by atoms with Crippen molar-refractivity contribution in [2.45, 2.75) is 25.5 Å². The zero-order valence-corrected chi connectivity index (χ0v) is 16.8. The third-order valence-corrected chi connectivity index (χ3v) is 5.58. The molecule has 1 saturated heterocycles. The standard InChI is InChI=1S/C22H22N4O5/c1-12(27)19-17-10-16(20(22(30)31)26(17)21(19)29)13-2-4-14(5-3-13)24-11-18(28)25-15-6-8-23-9-7-15/h2-9,12,17,19,24,27H,10-11H2,1H3,(H,30,31)(H,23,25,28)/t12-,17-,19-/m1/s1. The molecule has 1 aromatic carbocycles. The topological polar surface area (TPSA) is 132 Å². The van der Waals surface area contributed by atoms with Crippen LogP contribution in [0.4, 0.5) is 11.4 Å². The lowest BCUT2D eigenvalue weighted by atomic mass is 9.82. The monoisotopic (exact) mass is 422 g/mol. The Hall–Kier alpha value is -3.72. The van der Waals surface area contributed by atoms with E-state index in [1.807, 2.05) is 0 Å². The van der Waals surface area contributed by atoms with E-state index in [0.29, 0.717) is 28.9 Å². The molecule has 3 heterocycles. The van der Waals surface area contributed by atoms with Crippen molar-refractivity contribution in [2.24, 2.45) is 5.92 Å². The molecule has 9 nitrogen and oxygen atoms in total. The summed E-state index contributed by atoms with van der Waals surface area (Å²) in [6.07, 6.45) is 2.73. The molecule has 160 valence electrons. The van der Waals surface area contributed by atoms with Crippen molar-refractivity contribution >= 4 is 34.7 Å². The Morgan fingerprint density at radius 3 is 2.45 bits per heavy atom. The molecule has 9 heteroatoms. The van der Waals surface area contributed by atoms with E-state index in [4.69, 9.17) is 0 Å². The molecular weight excluding hydrogens is 400 g/mol. The largest absolute Gasteiger partial charge is 0.477 e. The minimum atomic E-state index is -1.16. The fraction of sp³-hybridized carbons (Fsp3) is 0.273. The lowest BCUT2D eigenvalue weighted by Crippen LogP contribution is -2.61. The Kier molecular flexibility index (Phi) is 5.43. The third-order valence-electron chi connectivity index (χ3n) is 5.58. The molecule has 4 rings (SSSR count). The number of aliphatic carboxylic acids is 1. The highest BCUT2D eigenvalue weighted by atomic mass is 16.4. The van der Waals surface area contributed by atoms with Crippen LogP contribution in [-0.4, -0.2) is 56.6 Å². The van der Waals surface area contributed by atoms with E-state index in [1.165, 1.54) is 4.90 Å². The van der Waals surface area contributed by atoms with Crippen molar-refractivity contribution in [3.63, 3.8) is 0 Å². The van der Waals surface area contributed by atoms with Crippen LogP contribution in [-0.2, 0) is 14.4 Å². The maximum atomic E-state index is 12.3. The van der Waals surface area contributed by atoms with Crippen LogP contribution < -0.4 is 10.6 Å². The molecule has 0 radical (unpaired) electrons. The van der Waals surface area contributed by atoms with E-state index >= 15 is 0 Å². The van der Waals surface area contributed by atoms with Gasteiger partial charge in [0, 0.05) is 23.8 Å². The summed E-state index contributed by atoms with van der Waals surface area (Å²) in [5, 5.41) is 25.3. The van der Waals surface area contributed by atoms with Crippen LogP contribution in [0.5, 0.6) is 0 Å². The second-order valence-corrected chi connectivity index (χ2v) is 7.59. The van der Waals surface area contributed by atoms with Crippen LogP contribution in [0.2, 0.25) is 0 Å². The SMILES string of the molecule is C[C@@H](O)[C@H]1C(=O)N2C(C(=O)O)=C(c3ccc(NCC(=O)Nc4ccncc4)cc3)C[C@H]12. The van der Waals surface area contributed by atoms with Crippen LogP contribution in [0.3, 0.4) is 0 Å². The van der Waals surface area contributed by atoms with Gasteiger partial charge in [-0.25, -0.2) is 4.79 Å². The van der Waals surface area contributed by atoms with Crippen molar-refractivity contribution in [3.05, 3.63) is 60.1 Å². The number of fused-ring (bicyclic) bond motifs is 1. The van der Waals surface area contributed by atoms with Crippen LogP contribution in [0.15, 0.2) is 54.5 Å². The predicted octanol–water partition coefficient (Wildman–Crippen LogP) is 1.54. The molecular formula is C22H22N4O5. The molecule has 3 atom stereocenters. The van der Waals surface area contributed by atoms with Crippen molar-refractivity contribution in [3.8, 4) is 0 Å². The number of amides is 2. The minimum Gasteiger partial charge on any atom is -0.477 e. The number of aliphatic hydroxyl groups excluding tert-OH is 1. The molecule has 0 bridgehead atoms. The molecule has 0 spiro atoms. The van der Waals surface area contributed by atoms with Gasteiger partial charge < -0.3 is 25.7 Å². The normalized spacial score (nSPS) is 20.7. The molecule has 0 aliphatic carbocycles. The third kappa shape index (κ3) is 3.87. The number of carbonyl (C=O) groups is 3. The van der Waals surface area contributed by atoms with Crippen LogP contribution in [0, 0.1) is 5.92 Å². The summed E-state index contributed by atoms with van der Waals surface area (Å²) in [4.78, 5) is 41.4. The Balaban J connectivity index is 1.44. The fourth-order valence-electron chi connectivity index (χ4n) is 4.14. The van der Waals surface area contributed by atoms with E-state index in [0.717, 1.165) is 0 Å². The Morgan fingerprint density at radius 2 is 1.84 bits per heavy atom. The van der Waals surface area contributed by atoms with Gasteiger partial charge in [-0.2, -0.15) is 0 Å². The number of nitrogens with one attached hydrogen (secondary N) is 2. The maximum Gasteiger partial charge on any atom is 0.352 e. The Labute approximate surface area is 178 Å². The summed E-state index contributed by atoms with van der Waals surface area (Å²) < 4.78 is 0. The van der Waals surface area contributed by atoms with Gasteiger partial charge in [0.25, 0.3) is 0 Å². The molecule has 0 unspecified atom stereocenters. The first kappa shape index (κ1) is 20.5.